The Hall–Kier alpha value is -0.0400. The molecule has 3 atom stereocenters. The topological polar surface area (TPSA) is 3.24 Å². The van der Waals surface area contributed by atoms with Gasteiger partial charge in [0.05, 0.1) is 0 Å². The fourth-order valence-corrected chi connectivity index (χ4v) is 2.86. The van der Waals surface area contributed by atoms with E-state index in [4.69, 9.17) is 0 Å². The molecule has 0 aromatic heterocycles. The molecule has 0 amide bonds. The van der Waals surface area contributed by atoms with Crippen molar-refractivity contribution >= 4 is 0 Å². The van der Waals surface area contributed by atoms with Crippen molar-refractivity contribution in [2.24, 2.45) is 5.92 Å². The first-order valence-corrected chi connectivity index (χ1v) is 4.99. The molecule has 1 saturated heterocycles. The lowest BCUT2D eigenvalue weighted by molar-refractivity contribution is 0.0524. The van der Waals surface area contributed by atoms with Crippen molar-refractivity contribution in [2.45, 2.75) is 51.1 Å². The lowest BCUT2D eigenvalue weighted by Crippen LogP contribution is -2.47. The molecular formula is C10H19N. The summed E-state index contributed by atoms with van der Waals surface area (Å²) in [6.07, 6.45) is 7.38. The molecule has 0 aromatic carbocycles. The molecule has 11 heavy (non-hydrogen) atoms. The zero-order valence-electron chi connectivity index (χ0n) is 7.71. The summed E-state index contributed by atoms with van der Waals surface area (Å²) in [5.41, 5.74) is 0. The van der Waals surface area contributed by atoms with Crippen LogP contribution in [0.15, 0.2) is 0 Å². The molecular weight excluding hydrogens is 134 g/mol. The maximum atomic E-state index is 2.59. The van der Waals surface area contributed by atoms with Crippen molar-refractivity contribution < 1.29 is 0 Å². The molecule has 2 aliphatic rings. The number of hydrogen-bond acceptors (Lipinski definition) is 1. The average Bonchev–Trinajstić information content (AvgIpc) is 2.01. The molecule has 2 bridgehead atoms. The predicted octanol–water partition coefficient (Wildman–Crippen LogP) is 2.27. The quantitative estimate of drug-likeness (QED) is 0.516. The lowest BCUT2D eigenvalue weighted by atomic mass is 9.77. The lowest BCUT2D eigenvalue weighted by Gasteiger charge is -2.45. The van der Waals surface area contributed by atoms with Gasteiger partial charge in [-0.05, 0) is 39.2 Å². The highest BCUT2D eigenvalue weighted by Gasteiger charge is 2.33. The van der Waals surface area contributed by atoms with E-state index in [2.05, 4.69) is 18.9 Å². The van der Waals surface area contributed by atoms with E-state index in [-0.39, 0.29) is 0 Å². The van der Waals surface area contributed by atoms with E-state index in [1.54, 1.807) is 0 Å². The van der Waals surface area contributed by atoms with Crippen LogP contribution < -0.4 is 0 Å². The minimum Gasteiger partial charge on any atom is -0.301 e. The normalized spacial score (nSPS) is 45.8. The highest BCUT2D eigenvalue weighted by molar-refractivity contribution is 4.88. The summed E-state index contributed by atoms with van der Waals surface area (Å²) in [7, 11) is 2.30. The second-order valence-corrected chi connectivity index (χ2v) is 4.44. The summed E-state index contributed by atoms with van der Waals surface area (Å²) in [6, 6.07) is 1.77. The Morgan fingerprint density at radius 1 is 1.18 bits per heavy atom. The van der Waals surface area contributed by atoms with Gasteiger partial charge in [0.25, 0.3) is 0 Å². The fraction of sp³-hybridized carbons (Fsp3) is 1.00. The molecule has 3 unspecified atom stereocenters. The highest BCUT2D eigenvalue weighted by atomic mass is 15.2. The number of hydrogen-bond donors (Lipinski definition) is 0. The molecule has 0 spiro atoms. The summed E-state index contributed by atoms with van der Waals surface area (Å²) in [5.74, 6) is 1.07. The summed E-state index contributed by atoms with van der Waals surface area (Å²) in [6.45, 7) is 2.38. The highest BCUT2D eigenvalue weighted by Crippen LogP contribution is 2.36. The van der Waals surface area contributed by atoms with Gasteiger partial charge in [0, 0.05) is 12.1 Å². The van der Waals surface area contributed by atoms with Gasteiger partial charge in [-0.25, -0.2) is 0 Å². The van der Waals surface area contributed by atoms with Crippen LogP contribution in [-0.2, 0) is 0 Å². The third-order valence-electron chi connectivity index (χ3n) is 3.70. The van der Waals surface area contributed by atoms with Crippen molar-refractivity contribution in [3.63, 3.8) is 0 Å². The molecule has 1 nitrogen and oxygen atoms in total. The van der Waals surface area contributed by atoms with Gasteiger partial charge >= 0.3 is 0 Å². The second kappa shape index (κ2) is 2.78. The van der Waals surface area contributed by atoms with E-state index < -0.39 is 0 Å². The first-order valence-electron chi connectivity index (χ1n) is 4.99. The summed E-state index contributed by atoms with van der Waals surface area (Å²) >= 11 is 0. The van der Waals surface area contributed by atoms with Gasteiger partial charge < -0.3 is 4.90 Å². The summed E-state index contributed by atoms with van der Waals surface area (Å²) < 4.78 is 0. The van der Waals surface area contributed by atoms with Crippen molar-refractivity contribution in [1.82, 2.24) is 4.90 Å². The Bertz CT molecular complexity index is 142. The van der Waals surface area contributed by atoms with Gasteiger partial charge in [0.1, 0.15) is 0 Å². The van der Waals surface area contributed by atoms with Crippen LogP contribution in [0.5, 0.6) is 0 Å². The van der Waals surface area contributed by atoms with Crippen LogP contribution in [0, 0.1) is 5.92 Å². The number of nitrogens with zero attached hydrogens (tertiary/aromatic N) is 1. The number of likely N-dealkylation sites (tertiary alicyclic amines) is 1. The number of fused-ring (bicyclic) bond motifs is 2. The van der Waals surface area contributed by atoms with E-state index in [9.17, 15) is 0 Å². The largest absolute Gasteiger partial charge is 0.301 e. The zero-order valence-corrected chi connectivity index (χ0v) is 7.71. The van der Waals surface area contributed by atoms with Crippen molar-refractivity contribution in [3.8, 4) is 0 Å². The van der Waals surface area contributed by atoms with Gasteiger partial charge in [-0.1, -0.05) is 12.8 Å². The van der Waals surface area contributed by atoms with E-state index in [0.29, 0.717) is 0 Å². The molecule has 1 aliphatic carbocycles. The SMILES string of the molecule is CC1CC2CCCC(C2)N1C. The molecule has 0 radical (unpaired) electrons. The van der Waals surface area contributed by atoms with Crippen molar-refractivity contribution in [1.29, 1.82) is 0 Å². The minimum absolute atomic E-state index is 0.846. The van der Waals surface area contributed by atoms with Gasteiger partial charge in [-0.3, -0.25) is 0 Å². The molecule has 1 aliphatic heterocycles. The molecule has 0 N–H and O–H groups in total. The Balaban J connectivity index is 2.05. The predicted molar refractivity (Wildman–Crippen MR) is 47.6 cm³/mol. The van der Waals surface area contributed by atoms with Crippen LogP contribution in [-0.4, -0.2) is 24.0 Å². The molecule has 64 valence electrons. The number of rotatable bonds is 0. The average molecular weight is 153 g/mol. The zero-order chi connectivity index (χ0) is 7.84. The van der Waals surface area contributed by atoms with Crippen LogP contribution in [0.1, 0.15) is 39.0 Å². The summed E-state index contributed by atoms with van der Waals surface area (Å²) in [5, 5.41) is 0. The fourth-order valence-electron chi connectivity index (χ4n) is 2.86. The maximum absolute atomic E-state index is 2.59. The van der Waals surface area contributed by atoms with Gasteiger partial charge in [-0.2, -0.15) is 0 Å². The van der Waals surface area contributed by atoms with E-state index in [0.717, 1.165) is 18.0 Å². The molecule has 2 fully saturated rings. The van der Waals surface area contributed by atoms with Gasteiger partial charge in [-0.15, -0.1) is 0 Å². The van der Waals surface area contributed by atoms with Gasteiger partial charge in [0.15, 0.2) is 0 Å². The molecule has 1 heterocycles. The Labute approximate surface area is 69.8 Å². The minimum atomic E-state index is 0.846. The Morgan fingerprint density at radius 2 is 2.00 bits per heavy atom. The van der Waals surface area contributed by atoms with Crippen molar-refractivity contribution in [2.75, 3.05) is 7.05 Å². The Morgan fingerprint density at radius 3 is 2.82 bits per heavy atom. The van der Waals surface area contributed by atoms with Crippen LogP contribution in [0.4, 0.5) is 0 Å². The third kappa shape index (κ3) is 1.31. The van der Waals surface area contributed by atoms with E-state index in [1.807, 2.05) is 0 Å². The Kier molecular flexibility index (Phi) is 1.92. The van der Waals surface area contributed by atoms with E-state index in [1.165, 1.54) is 32.1 Å². The molecule has 1 heteroatoms. The van der Waals surface area contributed by atoms with Crippen LogP contribution in [0.25, 0.3) is 0 Å². The molecule has 0 aromatic rings. The number of piperidine rings is 1. The molecule has 1 saturated carbocycles. The first-order chi connectivity index (χ1) is 5.27. The van der Waals surface area contributed by atoms with Crippen molar-refractivity contribution in [3.05, 3.63) is 0 Å². The van der Waals surface area contributed by atoms with Crippen LogP contribution in [0.3, 0.4) is 0 Å². The van der Waals surface area contributed by atoms with Crippen LogP contribution in [0.2, 0.25) is 0 Å². The van der Waals surface area contributed by atoms with E-state index >= 15 is 0 Å². The smallest absolute Gasteiger partial charge is 0.00976 e. The van der Waals surface area contributed by atoms with Gasteiger partial charge in [0.2, 0.25) is 0 Å². The third-order valence-corrected chi connectivity index (χ3v) is 3.70. The first kappa shape index (κ1) is 7.60. The van der Waals surface area contributed by atoms with Crippen LogP contribution >= 0.6 is 0 Å². The second-order valence-electron chi connectivity index (χ2n) is 4.44. The standard InChI is InChI=1S/C10H19N/c1-8-6-9-4-3-5-10(7-9)11(8)2/h8-10H,3-7H2,1-2H3. The summed E-state index contributed by atoms with van der Waals surface area (Å²) in [4.78, 5) is 2.59. The monoisotopic (exact) mass is 153 g/mol. The molecule has 2 rings (SSSR count). The maximum Gasteiger partial charge on any atom is 0.00976 e.